The second-order valence-corrected chi connectivity index (χ2v) is 7.64. The number of hydrogen-bond donors (Lipinski definition) is 1. The van der Waals surface area contributed by atoms with E-state index in [0.29, 0.717) is 22.4 Å². The molecule has 120 valence electrons. The minimum Gasteiger partial charge on any atom is -0.329 e. The summed E-state index contributed by atoms with van der Waals surface area (Å²) < 4.78 is 0. The fourth-order valence-electron chi connectivity index (χ4n) is 4.13. The SMILES string of the molecule is O=C(C[NH+]1CCCCC1)C1(c2ccc(Cl)c(Cl)c2)CCCC1. The van der Waals surface area contributed by atoms with Crippen molar-refractivity contribution in [3.8, 4) is 0 Å². The van der Waals surface area contributed by atoms with Crippen LogP contribution in [0.5, 0.6) is 0 Å². The summed E-state index contributed by atoms with van der Waals surface area (Å²) in [5.74, 6) is 0.403. The number of ketones is 1. The third kappa shape index (κ3) is 3.20. The molecule has 4 heteroatoms. The van der Waals surface area contributed by atoms with E-state index in [-0.39, 0.29) is 5.41 Å². The van der Waals surface area contributed by atoms with Gasteiger partial charge in [-0.15, -0.1) is 0 Å². The highest BCUT2D eigenvalue weighted by molar-refractivity contribution is 6.42. The molecule has 2 fully saturated rings. The van der Waals surface area contributed by atoms with Crippen LogP contribution in [-0.2, 0) is 10.2 Å². The molecule has 1 aromatic rings. The molecule has 0 unspecified atom stereocenters. The van der Waals surface area contributed by atoms with E-state index in [1.807, 2.05) is 18.2 Å². The van der Waals surface area contributed by atoms with Crippen molar-refractivity contribution in [2.75, 3.05) is 19.6 Å². The Balaban J connectivity index is 1.83. The molecule has 2 nitrogen and oxygen atoms in total. The number of carbonyl (C=O) groups is 1. The van der Waals surface area contributed by atoms with Gasteiger partial charge in [-0.05, 0) is 49.8 Å². The predicted octanol–water partition coefficient (Wildman–Crippen LogP) is 3.44. The Hall–Kier alpha value is -0.570. The average Bonchev–Trinajstić information content (AvgIpc) is 3.02. The number of rotatable bonds is 4. The summed E-state index contributed by atoms with van der Waals surface area (Å²) in [7, 11) is 0. The van der Waals surface area contributed by atoms with Gasteiger partial charge in [-0.3, -0.25) is 4.79 Å². The lowest BCUT2D eigenvalue weighted by molar-refractivity contribution is -0.896. The minimum atomic E-state index is -0.321. The lowest BCUT2D eigenvalue weighted by atomic mass is 9.75. The normalized spacial score (nSPS) is 21.9. The molecule has 0 bridgehead atoms. The second-order valence-electron chi connectivity index (χ2n) is 6.83. The Bertz CT molecular complexity index is 546. The number of Topliss-reactive ketones (excluding diaryl/α,β-unsaturated/α-hetero) is 1. The molecule has 1 saturated heterocycles. The maximum absolute atomic E-state index is 13.1. The maximum atomic E-state index is 13.1. The van der Waals surface area contributed by atoms with Crippen molar-refractivity contribution in [2.24, 2.45) is 0 Å². The van der Waals surface area contributed by atoms with Gasteiger partial charge < -0.3 is 4.90 Å². The van der Waals surface area contributed by atoms with E-state index in [1.54, 1.807) is 0 Å². The number of likely N-dealkylation sites (tertiary alicyclic amines) is 1. The van der Waals surface area contributed by atoms with Crippen LogP contribution in [0, 0.1) is 0 Å². The fourth-order valence-corrected chi connectivity index (χ4v) is 4.42. The highest BCUT2D eigenvalue weighted by Crippen LogP contribution is 2.43. The quantitative estimate of drug-likeness (QED) is 0.890. The molecule has 1 aromatic carbocycles. The third-order valence-electron chi connectivity index (χ3n) is 5.43. The smallest absolute Gasteiger partial charge is 0.197 e. The lowest BCUT2D eigenvalue weighted by Gasteiger charge is -2.31. The standard InChI is InChI=1S/C18H23Cl2NO/c19-15-7-6-14(12-16(15)20)18(8-2-3-9-18)17(22)13-21-10-4-1-5-11-21/h6-7,12H,1-5,8-11,13H2/p+1. The topological polar surface area (TPSA) is 21.5 Å². The highest BCUT2D eigenvalue weighted by Gasteiger charge is 2.44. The second kappa shape index (κ2) is 6.90. The average molecular weight is 341 g/mol. The fraction of sp³-hybridized carbons (Fsp3) is 0.611. The Morgan fingerprint density at radius 1 is 1.00 bits per heavy atom. The molecule has 0 spiro atoms. The van der Waals surface area contributed by atoms with Crippen LogP contribution in [-0.4, -0.2) is 25.4 Å². The van der Waals surface area contributed by atoms with Crippen LogP contribution in [0.1, 0.15) is 50.5 Å². The maximum Gasteiger partial charge on any atom is 0.197 e. The van der Waals surface area contributed by atoms with Gasteiger partial charge in [0.15, 0.2) is 5.78 Å². The molecule has 1 aliphatic heterocycles. The van der Waals surface area contributed by atoms with Gasteiger partial charge in [-0.1, -0.05) is 42.1 Å². The van der Waals surface area contributed by atoms with Gasteiger partial charge in [-0.2, -0.15) is 0 Å². The molecular formula is C18H24Cl2NO+. The van der Waals surface area contributed by atoms with Crippen molar-refractivity contribution < 1.29 is 9.69 Å². The summed E-state index contributed by atoms with van der Waals surface area (Å²) in [4.78, 5) is 14.6. The molecule has 3 rings (SSSR count). The van der Waals surface area contributed by atoms with E-state index in [2.05, 4.69) is 0 Å². The first kappa shape index (κ1) is 16.3. The zero-order valence-electron chi connectivity index (χ0n) is 13.0. The van der Waals surface area contributed by atoms with Crippen LogP contribution in [0.2, 0.25) is 10.0 Å². The van der Waals surface area contributed by atoms with Crippen LogP contribution in [0.4, 0.5) is 0 Å². The molecular weight excluding hydrogens is 317 g/mol. The zero-order valence-corrected chi connectivity index (χ0v) is 14.5. The molecule has 0 radical (unpaired) electrons. The number of quaternary nitrogens is 1. The number of piperidine rings is 1. The summed E-state index contributed by atoms with van der Waals surface area (Å²) >= 11 is 12.2. The van der Waals surface area contributed by atoms with Gasteiger partial charge in [-0.25, -0.2) is 0 Å². The molecule has 0 amide bonds. The molecule has 0 atom stereocenters. The van der Waals surface area contributed by atoms with Crippen molar-refractivity contribution in [3.05, 3.63) is 33.8 Å². The molecule has 22 heavy (non-hydrogen) atoms. The number of halogens is 2. The number of nitrogens with one attached hydrogen (secondary N) is 1. The summed E-state index contributed by atoms with van der Waals surface area (Å²) in [6, 6.07) is 5.75. The summed E-state index contributed by atoms with van der Waals surface area (Å²) in [6.07, 6.45) is 7.98. The van der Waals surface area contributed by atoms with Crippen molar-refractivity contribution in [1.82, 2.24) is 0 Å². The zero-order chi connectivity index (χ0) is 15.6. The summed E-state index contributed by atoms with van der Waals surface area (Å²) in [5, 5.41) is 1.12. The first-order chi connectivity index (χ1) is 10.6. The van der Waals surface area contributed by atoms with Gasteiger partial charge in [0.25, 0.3) is 0 Å². The van der Waals surface area contributed by atoms with Gasteiger partial charge in [0.2, 0.25) is 0 Å². The van der Waals surface area contributed by atoms with E-state index in [9.17, 15) is 4.79 Å². The first-order valence-corrected chi connectivity index (χ1v) is 9.20. The van der Waals surface area contributed by atoms with Crippen LogP contribution in [0.25, 0.3) is 0 Å². The van der Waals surface area contributed by atoms with E-state index in [0.717, 1.165) is 44.3 Å². The Morgan fingerprint density at radius 3 is 2.32 bits per heavy atom. The largest absolute Gasteiger partial charge is 0.329 e. The Labute approximate surface area is 142 Å². The van der Waals surface area contributed by atoms with E-state index >= 15 is 0 Å². The van der Waals surface area contributed by atoms with Crippen molar-refractivity contribution in [1.29, 1.82) is 0 Å². The van der Waals surface area contributed by atoms with Crippen molar-refractivity contribution in [3.63, 3.8) is 0 Å². The number of carbonyl (C=O) groups excluding carboxylic acids is 1. The van der Waals surface area contributed by atoms with Crippen LogP contribution < -0.4 is 4.90 Å². The number of hydrogen-bond acceptors (Lipinski definition) is 1. The van der Waals surface area contributed by atoms with Crippen molar-refractivity contribution in [2.45, 2.75) is 50.4 Å². The van der Waals surface area contributed by atoms with Crippen molar-refractivity contribution >= 4 is 29.0 Å². The molecule has 1 aliphatic carbocycles. The number of benzene rings is 1. The Morgan fingerprint density at radius 2 is 1.68 bits per heavy atom. The monoisotopic (exact) mass is 340 g/mol. The molecule has 1 N–H and O–H groups in total. The van der Waals surface area contributed by atoms with Crippen LogP contribution in [0.15, 0.2) is 18.2 Å². The van der Waals surface area contributed by atoms with E-state index in [4.69, 9.17) is 23.2 Å². The van der Waals surface area contributed by atoms with E-state index in [1.165, 1.54) is 24.2 Å². The third-order valence-corrected chi connectivity index (χ3v) is 6.17. The van der Waals surface area contributed by atoms with Gasteiger partial charge >= 0.3 is 0 Å². The summed E-state index contributed by atoms with van der Waals surface area (Å²) in [5.41, 5.74) is 0.749. The Kier molecular flexibility index (Phi) is 5.11. The minimum absolute atomic E-state index is 0.321. The first-order valence-electron chi connectivity index (χ1n) is 8.44. The lowest BCUT2D eigenvalue weighted by Crippen LogP contribution is -3.13. The van der Waals surface area contributed by atoms with Crippen LogP contribution in [0.3, 0.4) is 0 Å². The predicted molar refractivity (Wildman–Crippen MR) is 91.0 cm³/mol. The highest BCUT2D eigenvalue weighted by atomic mass is 35.5. The molecule has 2 aliphatic rings. The molecule has 0 aromatic heterocycles. The molecule has 1 heterocycles. The molecule has 1 saturated carbocycles. The van der Waals surface area contributed by atoms with E-state index < -0.39 is 0 Å². The van der Waals surface area contributed by atoms with Gasteiger partial charge in [0, 0.05) is 0 Å². The van der Waals surface area contributed by atoms with Gasteiger partial charge in [0.1, 0.15) is 6.54 Å². The summed E-state index contributed by atoms with van der Waals surface area (Å²) in [6.45, 7) is 2.95. The van der Waals surface area contributed by atoms with Gasteiger partial charge in [0.05, 0.1) is 28.5 Å². The van der Waals surface area contributed by atoms with Crippen LogP contribution >= 0.6 is 23.2 Å².